The van der Waals surface area contributed by atoms with Crippen molar-refractivity contribution >= 4 is 5.96 Å². The van der Waals surface area contributed by atoms with Gasteiger partial charge in [0.05, 0.1) is 18.2 Å². The first-order valence-electron chi connectivity index (χ1n) is 7.05. The average Bonchev–Trinajstić information content (AvgIpc) is 3.04. The normalized spacial score (nSPS) is 29.8. The summed E-state index contributed by atoms with van der Waals surface area (Å²) < 4.78 is 18.8. The number of rotatable bonds is 3. The van der Waals surface area contributed by atoms with Crippen LogP contribution in [-0.4, -0.2) is 36.7 Å². The number of hydrogen-bond donors (Lipinski definition) is 1. The molecule has 1 aromatic rings. The largest absolute Gasteiger partial charge is 0.376 e. The Labute approximate surface area is 118 Å². The molecule has 0 aliphatic carbocycles. The van der Waals surface area contributed by atoms with Crippen LogP contribution in [0.5, 0.6) is 0 Å². The SMILES string of the molecule is CC1(c2ccc(F)cc2)CN=C(N)N1CC1CCCO1. The van der Waals surface area contributed by atoms with Gasteiger partial charge in [0.15, 0.2) is 5.96 Å². The molecule has 2 unspecified atom stereocenters. The number of aliphatic imine (C=N–C) groups is 1. The molecule has 3 rings (SSSR count). The van der Waals surface area contributed by atoms with Gasteiger partial charge >= 0.3 is 0 Å². The number of ether oxygens (including phenoxy) is 1. The summed E-state index contributed by atoms with van der Waals surface area (Å²) in [6, 6.07) is 6.59. The predicted molar refractivity (Wildman–Crippen MR) is 75.9 cm³/mol. The molecule has 0 saturated carbocycles. The van der Waals surface area contributed by atoms with Crippen molar-refractivity contribution in [2.24, 2.45) is 10.7 Å². The summed E-state index contributed by atoms with van der Waals surface area (Å²) in [6.45, 7) is 4.25. The molecule has 4 nitrogen and oxygen atoms in total. The number of hydrogen-bond acceptors (Lipinski definition) is 4. The molecular weight excluding hydrogens is 257 g/mol. The highest BCUT2D eigenvalue weighted by molar-refractivity contribution is 5.81. The first-order valence-corrected chi connectivity index (χ1v) is 7.05. The Hall–Kier alpha value is -1.62. The van der Waals surface area contributed by atoms with E-state index in [1.54, 1.807) is 0 Å². The fraction of sp³-hybridized carbons (Fsp3) is 0.533. The lowest BCUT2D eigenvalue weighted by Gasteiger charge is -2.38. The maximum atomic E-state index is 13.1. The maximum Gasteiger partial charge on any atom is 0.192 e. The first-order chi connectivity index (χ1) is 9.59. The van der Waals surface area contributed by atoms with E-state index >= 15 is 0 Å². The van der Waals surface area contributed by atoms with Crippen LogP contribution < -0.4 is 5.73 Å². The molecular formula is C15H20FN3O. The molecule has 2 atom stereocenters. The van der Waals surface area contributed by atoms with Crippen LogP contribution in [0.15, 0.2) is 29.3 Å². The third-order valence-corrected chi connectivity index (χ3v) is 4.30. The van der Waals surface area contributed by atoms with Gasteiger partial charge in [0, 0.05) is 13.2 Å². The van der Waals surface area contributed by atoms with Crippen molar-refractivity contribution in [2.45, 2.75) is 31.4 Å². The van der Waals surface area contributed by atoms with E-state index in [0.29, 0.717) is 12.5 Å². The lowest BCUT2D eigenvalue weighted by Crippen LogP contribution is -2.50. The van der Waals surface area contributed by atoms with Crippen molar-refractivity contribution in [3.8, 4) is 0 Å². The number of nitrogens with two attached hydrogens (primary N) is 1. The second-order valence-electron chi connectivity index (χ2n) is 5.70. The molecule has 0 bridgehead atoms. The molecule has 1 fully saturated rings. The highest BCUT2D eigenvalue weighted by atomic mass is 19.1. The molecule has 2 heterocycles. The quantitative estimate of drug-likeness (QED) is 0.917. The molecule has 1 aromatic carbocycles. The smallest absolute Gasteiger partial charge is 0.192 e. The van der Waals surface area contributed by atoms with Gasteiger partial charge in [-0.3, -0.25) is 4.99 Å². The number of nitrogens with zero attached hydrogens (tertiary/aromatic N) is 2. The van der Waals surface area contributed by atoms with E-state index in [4.69, 9.17) is 10.5 Å². The van der Waals surface area contributed by atoms with E-state index in [1.165, 1.54) is 12.1 Å². The van der Waals surface area contributed by atoms with Crippen LogP contribution in [0.25, 0.3) is 0 Å². The van der Waals surface area contributed by atoms with Gasteiger partial charge in [0.25, 0.3) is 0 Å². The van der Waals surface area contributed by atoms with E-state index in [1.807, 2.05) is 12.1 Å². The Morgan fingerprint density at radius 2 is 2.20 bits per heavy atom. The van der Waals surface area contributed by atoms with Gasteiger partial charge in [-0.25, -0.2) is 4.39 Å². The summed E-state index contributed by atoms with van der Waals surface area (Å²) in [5, 5.41) is 0. The van der Waals surface area contributed by atoms with Crippen LogP contribution in [0.1, 0.15) is 25.3 Å². The van der Waals surface area contributed by atoms with Gasteiger partial charge in [-0.15, -0.1) is 0 Å². The zero-order valence-electron chi connectivity index (χ0n) is 11.7. The Morgan fingerprint density at radius 1 is 1.45 bits per heavy atom. The van der Waals surface area contributed by atoms with Crippen LogP contribution >= 0.6 is 0 Å². The number of guanidine groups is 1. The van der Waals surface area contributed by atoms with E-state index in [-0.39, 0.29) is 17.5 Å². The van der Waals surface area contributed by atoms with Gasteiger partial charge < -0.3 is 15.4 Å². The van der Waals surface area contributed by atoms with Crippen molar-refractivity contribution in [2.75, 3.05) is 19.7 Å². The van der Waals surface area contributed by atoms with Crippen LogP contribution in [0.3, 0.4) is 0 Å². The Balaban J connectivity index is 1.84. The molecule has 1 saturated heterocycles. The van der Waals surface area contributed by atoms with Gasteiger partial charge in [-0.2, -0.15) is 0 Å². The minimum atomic E-state index is -0.316. The van der Waals surface area contributed by atoms with Gasteiger partial charge in [-0.1, -0.05) is 12.1 Å². The van der Waals surface area contributed by atoms with Gasteiger partial charge in [-0.05, 0) is 37.5 Å². The lowest BCUT2D eigenvalue weighted by atomic mass is 9.90. The zero-order valence-corrected chi connectivity index (χ0v) is 11.7. The van der Waals surface area contributed by atoms with Crippen molar-refractivity contribution < 1.29 is 9.13 Å². The maximum absolute atomic E-state index is 13.1. The second kappa shape index (κ2) is 5.05. The molecule has 108 valence electrons. The first kappa shape index (κ1) is 13.4. The molecule has 5 heteroatoms. The summed E-state index contributed by atoms with van der Waals surface area (Å²) in [4.78, 5) is 6.48. The Bertz CT molecular complexity index is 510. The highest BCUT2D eigenvalue weighted by Gasteiger charge is 2.40. The molecule has 0 radical (unpaired) electrons. The lowest BCUT2D eigenvalue weighted by molar-refractivity contribution is 0.0690. The molecule has 2 aliphatic heterocycles. The van der Waals surface area contributed by atoms with Crippen molar-refractivity contribution in [1.82, 2.24) is 4.90 Å². The Kier molecular flexibility index (Phi) is 3.38. The predicted octanol–water partition coefficient (Wildman–Crippen LogP) is 1.85. The average molecular weight is 277 g/mol. The summed E-state index contributed by atoms with van der Waals surface area (Å²) in [5.74, 6) is 0.322. The highest BCUT2D eigenvalue weighted by Crippen LogP contribution is 2.33. The van der Waals surface area contributed by atoms with Crippen molar-refractivity contribution in [3.63, 3.8) is 0 Å². The monoisotopic (exact) mass is 277 g/mol. The van der Waals surface area contributed by atoms with E-state index in [2.05, 4.69) is 16.8 Å². The minimum Gasteiger partial charge on any atom is -0.376 e. The van der Waals surface area contributed by atoms with Crippen LogP contribution in [0, 0.1) is 5.82 Å². The summed E-state index contributed by atoms with van der Waals surface area (Å²) in [5.41, 5.74) is 6.76. The fourth-order valence-corrected chi connectivity index (χ4v) is 3.00. The molecule has 0 aromatic heterocycles. The zero-order chi connectivity index (χ0) is 14.2. The van der Waals surface area contributed by atoms with E-state index in [9.17, 15) is 4.39 Å². The van der Waals surface area contributed by atoms with E-state index < -0.39 is 0 Å². The molecule has 2 N–H and O–H groups in total. The number of halogens is 1. The molecule has 2 aliphatic rings. The van der Waals surface area contributed by atoms with Gasteiger partial charge in [0.2, 0.25) is 0 Å². The number of benzene rings is 1. The van der Waals surface area contributed by atoms with Crippen LogP contribution in [0.4, 0.5) is 4.39 Å². The topological polar surface area (TPSA) is 50.8 Å². The van der Waals surface area contributed by atoms with Crippen molar-refractivity contribution in [3.05, 3.63) is 35.6 Å². The van der Waals surface area contributed by atoms with Crippen LogP contribution in [0.2, 0.25) is 0 Å². The summed E-state index contributed by atoms with van der Waals surface area (Å²) >= 11 is 0. The fourth-order valence-electron chi connectivity index (χ4n) is 3.00. The van der Waals surface area contributed by atoms with Crippen molar-refractivity contribution in [1.29, 1.82) is 0 Å². The second-order valence-corrected chi connectivity index (χ2v) is 5.70. The van der Waals surface area contributed by atoms with Crippen LogP contribution in [-0.2, 0) is 10.3 Å². The molecule has 20 heavy (non-hydrogen) atoms. The molecule has 0 spiro atoms. The third kappa shape index (κ3) is 2.26. The third-order valence-electron chi connectivity index (χ3n) is 4.30. The van der Waals surface area contributed by atoms with E-state index in [0.717, 1.165) is 31.6 Å². The minimum absolute atomic E-state index is 0.210. The standard InChI is InChI=1S/C15H20FN3O/c1-15(11-4-6-12(16)7-5-11)10-18-14(17)19(15)9-13-3-2-8-20-13/h4-7,13H,2-3,8-10H2,1H3,(H2,17,18). The summed E-state index contributed by atoms with van der Waals surface area (Å²) in [6.07, 6.45) is 2.37. The Morgan fingerprint density at radius 3 is 2.85 bits per heavy atom. The van der Waals surface area contributed by atoms with Gasteiger partial charge in [0.1, 0.15) is 5.82 Å². The molecule has 0 amide bonds. The summed E-state index contributed by atoms with van der Waals surface area (Å²) in [7, 11) is 0.